The third-order valence-corrected chi connectivity index (χ3v) is 4.60. The molecule has 2 aromatic rings. The summed E-state index contributed by atoms with van der Waals surface area (Å²) in [4.78, 5) is 25.1. The fourth-order valence-corrected chi connectivity index (χ4v) is 3.23. The normalized spacial score (nSPS) is 21.8. The van der Waals surface area contributed by atoms with Crippen LogP contribution in [0, 0.1) is 0 Å². The second-order valence-corrected chi connectivity index (χ2v) is 6.43. The zero-order chi connectivity index (χ0) is 17.1. The van der Waals surface area contributed by atoms with Crippen molar-refractivity contribution in [3.63, 3.8) is 0 Å². The molecule has 2 aliphatic rings. The number of rotatable bonds is 5. The Balaban J connectivity index is 1.37. The van der Waals surface area contributed by atoms with Gasteiger partial charge in [0, 0.05) is 32.3 Å². The average molecular weight is 343 g/mol. The first kappa shape index (κ1) is 16.2. The lowest BCUT2D eigenvalue weighted by molar-refractivity contribution is -0.128. The van der Waals surface area contributed by atoms with Gasteiger partial charge in [0.15, 0.2) is 5.82 Å². The summed E-state index contributed by atoms with van der Waals surface area (Å²) in [5.74, 6) is 1.29. The summed E-state index contributed by atoms with van der Waals surface area (Å²) < 4.78 is 10.8. The molecule has 2 aromatic heterocycles. The van der Waals surface area contributed by atoms with E-state index < -0.39 is 0 Å². The Morgan fingerprint density at radius 2 is 2.08 bits per heavy atom. The van der Waals surface area contributed by atoms with Crippen molar-refractivity contribution >= 4 is 5.91 Å². The third-order valence-electron chi connectivity index (χ3n) is 4.60. The number of carbonyl (C=O) groups excluding carboxylic acids is 1. The first-order valence-corrected chi connectivity index (χ1v) is 8.58. The molecule has 4 rings (SSSR count). The van der Waals surface area contributed by atoms with E-state index in [0.717, 1.165) is 32.0 Å². The number of carbonyl (C=O) groups is 1. The Labute approximate surface area is 145 Å². The van der Waals surface area contributed by atoms with Crippen LogP contribution in [0.2, 0.25) is 0 Å². The number of aromatic nitrogens is 3. The van der Waals surface area contributed by atoms with E-state index >= 15 is 0 Å². The molecule has 0 radical (unpaired) electrons. The van der Waals surface area contributed by atoms with Crippen LogP contribution in [0.1, 0.15) is 29.7 Å². The Morgan fingerprint density at radius 3 is 2.88 bits per heavy atom. The molecule has 8 heteroatoms. The molecule has 0 aromatic carbocycles. The van der Waals surface area contributed by atoms with Gasteiger partial charge < -0.3 is 14.2 Å². The number of ether oxygens (including phenoxy) is 1. The van der Waals surface area contributed by atoms with Crippen molar-refractivity contribution in [2.24, 2.45) is 0 Å². The highest BCUT2D eigenvalue weighted by Crippen LogP contribution is 2.28. The molecule has 2 aliphatic heterocycles. The minimum Gasteiger partial charge on any atom is -0.379 e. The van der Waals surface area contributed by atoms with E-state index in [2.05, 4.69) is 20.0 Å². The molecular formula is C17H21N5O3. The number of hydrogen-bond donors (Lipinski definition) is 0. The Bertz CT molecular complexity index is 714. The molecule has 0 aliphatic carbocycles. The number of amides is 1. The second kappa shape index (κ2) is 7.28. The molecule has 0 bridgehead atoms. The van der Waals surface area contributed by atoms with Crippen LogP contribution in [0.4, 0.5) is 0 Å². The summed E-state index contributed by atoms with van der Waals surface area (Å²) in [6.07, 6.45) is 2.15. The molecular weight excluding hydrogens is 322 g/mol. The zero-order valence-electron chi connectivity index (χ0n) is 14.0. The van der Waals surface area contributed by atoms with E-state index in [9.17, 15) is 4.79 Å². The van der Waals surface area contributed by atoms with Crippen molar-refractivity contribution in [2.45, 2.75) is 25.4 Å². The zero-order valence-corrected chi connectivity index (χ0v) is 14.0. The monoisotopic (exact) mass is 343 g/mol. The summed E-state index contributed by atoms with van der Waals surface area (Å²) >= 11 is 0. The van der Waals surface area contributed by atoms with E-state index in [1.165, 1.54) is 0 Å². The van der Waals surface area contributed by atoms with Gasteiger partial charge in [-0.25, -0.2) is 0 Å². The third kappa shape index (κ3) is 3.85. The lowest BCUT2D eigenvalue weighted by Crippen LogP contribution is -2.35. The predicted octanol–water partition coefficient (Wildman–Crippen LogP) is 0.813. The summed E-state index contributed by atoms with van der Waals surface area (Å²) in [6.45, 7) is 5.01. The Hall–Kier alpha value is -2.32. The topological polar surface area (TPSA) is 84.6 Å². The number of nitrogens with zero attached hydrogens (tertiary/aromatic N) is 5. The second-order valence-electron chi connectivity index (χ2n) is 6.43. The molecule has 0 spiro atoms. The molecule has 132 valence electrons. The number of likely N-dealkylation sites (tertiary alicyclic amines) is 1. The van der Waals surface area contributed by atoms with Gasteiger partial charge in [-0.3, -0.25) is 14.7 Å². The highest BCUT2D eigenvalue weighted by molar-refractivity contribution is 5.79. The SMILES string of the molecule is O=C1CC(c2nc(CN3CCOCC3)no2)CN1Cc1ccccn1. The first-order chi connectivity index (χ1) is 12.3. The molecule has 2 saturated heterocycles. The molecule has 4 heterocycles. The van der Waals surface area contributed by atoms with Gasteiger partial charge in [0.05, 0.1) is 37.9 Å². The van der Waals surface area contributed by atoms with Crippen LogP contribution in [-0.4, -0.2) is 63.7 Å². The summed E-state index contributed by atoms with van der Waals surface area (Å²) in [7, 11) is 0. The van der Waals surface area contributed by atoms with Crippen molar-refractivity contribution < 1.29 is 14.1 Å². The van der Waals surface area contributed by atoms with Gasteiger partial charge in [-0.1, -0.05) is 11.2 Å². The maximum absolute atomic E-state index is 12.3. The molecule has 0 N–H and O–H groups in total. The van der Waals surface area contributed by atoms with Crippen LogP contribution in [0.15, 0.2) is 28.9 Å². The summed E-state index contributed by atoms with van der Waals surface area (Å²) in [6, 6.07) is 5.72. The fraction of sp³-hybridized carbons (Fsp3) is 0.529. The number of hydrogen-bond acceptors (Lipinski definition) is 7. The van der Waals surface area contributed by atoms with E-state index in [4.69, 9.17) is 9.26 Å². The van der Waals surface area contributed by atoms with Crippen molar-refractivity contribution in [1.29, 1.82) is 0 Å². The predicted molar refractivity (Wildman–Crippen MR) is 87.4 cm³/mol. The van der Waals surface area contributed by atoms with Crippen molar-refractivity contribution in [1.82, 2.24) is 24.9 Å². The molecule has 2 fully saturated rings. The van der Waals surface area contributed by atoms with Gasteiger partial charge in [0.1, 0.15) is 0 Å². The Morgan fingerprint density at radius 1 is 1.20 bits per heavy atom. The summed E-state index contributed by atoms with van der Waals surface area (Å²) in [5.41, 5.74) is 0.884. The fourth-order valence-electron chi connectivity index (χ4n) is 3.23. The number of pyridine rings is 1. The quantitative estimate of drug-likeness (QED) is 0.794. The van der Waals surface area contributed by atoms with Crippen molar-refractivity contribution in [3.8, 4) is 0 Å². The average Bonchev–Trinajstić information content (AvgIpc) is 3.24. The van der Waals surface area contributed by atoms with Gasteiger partial charge in [-0.05, 0) is 12.1 Å². The number of morpholine rings is 1. The highest BCUT2D eigenvalue weighted by Gasteiger charge is 2.34. The lowest BCUT2D eigenvalue weighted by Gasteiger charge is -2.24. The van der Waals surface area contributed by atoms with Crippen LogP contribution in [0.25, 0.3) is 0 Å². The van der Waals surface area contributed by atoms with E-state index in [1.807, 2.05) is 18.2 Å². The van der Waals surface area contributed by atoms with Gasteiger partial charge in [-0.2, -0.15) is 4.98 Å². The van der Waals surface area contributed by atoms with E-state index in [1.54, 1.807) is 11.1 Å². The van der Waals surface area contributed by atoms with Gasteiger partial charge in [-0.15, -0.1) is 0 Å². The van der Waals surface area contributed by atoms with Crippen LogP contribution in [0.5, 0.6) is 0 Å². The molecule has 1 unspecified atom stereocenters. The smallest absolute Gasteiger partial charge is 0.232 e. The maximum Gasteiger partial charge on any atom is 0.232 e. The minimum absolute atomic E-state index is 0.0397. The first-order valence-electron chi connectivity index (χ1n) is 8.58. The van der Waals surface area contributed by atoms with Gasteiger partial charge >= 0.3 is 0 Å². The van der Waals surface area contributed by atoms with Crippen molar-refractivity contribution in [2.75, 3.05) is 32.8 Å². The standard InChI is InChI=1S/C17H21N5O3/c23-16-9-13(10-22(16)11-14-3-1-2-4-18-14)17-19-15(20-25-17)12-21-5-7-24-8-6-21/h1-4,13H,5-12H2. The van der Waals surface area contributed by atoms with Crippen LogP contribution in [-0.2, 0) is 22.6 Å². The summed E-state index contributed by atoms with van der Waals surface area (Å²) in [5, 5.41) is 4.08. The largest absolute Gasteiger partial charge is 0.379 e. The van der Waals surface area contributed by atoms with Gasteiger partial charge in [0.2, 0.25) is 11.8 Å². The highest BCUT2D eigenvalue weighted by atomic mass is 16.5. The van der Waals surface area contributed by atoms with E-state index in [0.29, 0.717) is 37.8 Å². The van der Waals surface area contributed by atoms with Gasteiger partial charge in [0.25, 0.3) is 0 Å². The molecule has 25 heavy (non-hydrogen) atoms. The van der Waals surface area contributed by atoms with E-state index in [-0.39, 0.29) is 11.8 Å². The van der Waals surface area contributed by atoms with Crippen LogP contribution >= 0.6 is 0 Å². The van der Waals surface area contributed by atoms with Crippen LogP contribution in [0.3, 0.4) is 0 Å². The molecule has 1 amide bonds. The lowest BCUT2D eigenvalue weighted by atomic mass is 10.1. The molecule has 8 nitrogen and oxygen atoms in total. The minimum atomic E-state index is -0.0397. The maximum atomic E-state index is 12.3. The van der Waals surface area contributed by atoms with Crippen molar-refractivity contribution in [3.05, 3.63) is 41.8 Å². The molecule has 0 saturated carbocycles. The van der Waals surface area contributed by atoms with Crippen LogP contribution < -0.4 is 0 Å². The molecule has 1 atom stereocenters. The Kier molecular flexibility index (Phi) is 4.71.